The van der Waals surface area contributed by atoms with Gasteiger partial charge in [0, 0.05) is 24.1 Å². The van der Waals surface area contributed by atoms with Crippen LogP contribution < -0.4 is 4.90 Å². The van der Waals surface area contributed by atoms with Crippen molar-refractivity contribution in [2.45, 2.75) is 25.8 Å². The number of esters is 1. The molecular formula is C20H19NO4. The molecule has 0 spiro atoms. The summed E-state index contributed by atoms with van der Waals surface area (Å²) in [5.74, 6) is -0.623. The fourth-order valence-corrected chi connectivity index (χ4v) is 3.20. The molecule has 1 aliphatic heterocycles. The van der Waals surface area contributed by atoms with Gasteiger partial charge in [0.1, 0.15) is 11.8 Å². The Bertz CT molecular complexity index is 829. The van der Waals surface area contributed by atoms with E-state index < -0.39 is 12.0 Å². The summed E-state index contributed by atoms with van der Waals surface area (Å²) in [6.07, 6.45) is 0.717. The lowest BCUT2D eigenvalue weighted by molar-refractivity contribution is -0.141. The Morgan fingerprint density at radius 1 is 1.12 bits per heavy atom. The lowest BCUT2D eigenvalue weighted by Crippen LogP contribution is -2.43. The number of hydrogen-bond donors (Lipinski definition) is 0. The smallest absolute Gasteiger partial charge is 0.329 e. The third kappa shape index (κ3) is 3.31. The number of amides is 1. The first-order valence-electron chi connectivity index (χ1n) is 8.09. The van der Waals surface area contributed by atoms with Gasteiger partial charge in [-0.3, -0.25) is 14.5 Å². The maximum atomic E-state index is 13.0. The lowest BCUT2D eigenvalue weighted by atomic mass is 10.0. The van der Waals surface area contributed by atoms with Crippen molar-refractivity contribution in [3.63, 3.8) is 0 Å². The van der Waals surface area contributed by atoms with E-state index in [9.17, 15) is 14.4 Å². The second kappa shape index (κ2) is 6.89. The fourth-order valence-electron chi connectivity index (χ4n) is 3.20. The molecule has 1 aliphatic rings. The number of benzene rings is 2. The van der Waals surface area contributed by atoms with Gasteiger partial charge in [-0.25, -0.2) is 4.79 Å². The van der Waals surface area contributed by atoms with Gasteiger partial charge in [0.05, 0.1) is 7.11 Å². The normalized spacial score (nSPS) is 15.6. The molecule has 0 fully saturated rings. The number of methoxy groups -OCH3 is 1. The summed E-state index contributed by atoms with van der Waals surface area (Å²) in [4.78, 5) is 38.0. The molecule has 0 radical (unpaired) electrons. The van der Waals surface area contributed by atoms with Crippen LogP contribution in [0.4, 0.5) is 5.69 Å². The molecule has 2 aromatic rings. The lowest BCUT2D eigenvalue weighted by Gasteiger charge is -2.23. The van der Waals surface area contributed by atoms with Crippen molar-refractivity contribution in [3.8, 4) is 0 Å². The minimum atomic E-state index is -0.694. The molecule has 2 aromatic carbocycles. The van der Waals surface area contributed by atoms with Gasteiger partial charge in [0.15, 0.2) is 0 Å². The first kappa shape index (κ1) is 16.9. The Morgan fingerprint density at radius 3 is 2.48 bits per heavy atom. The fraction of sp³-hybridized carbons (Fsp3) is 0.250. The molecule has 0 N–H and O–H groups in total. The van der Waals surface area contributed by atoms with Crippen LogP contribution >= 0.6 is 0 Å². The predicted octanol–water partition coefficient (Wildman–Crippen LogP) is 2.56. The largest absolute Gasteiger partial charge is 0.467 e. The maximum absolute atomic E-state index is 13.0. The molecule has 1 heterocycles. The summed E-state index contributed by atoms with van der Waals surface area (Å²) in [6, 6.07) is 13.7. The number of hydrogen-bond acceptors (Lipinski definition) is 4. The number of carbonyl (C=O) groups is 3. The van der Waals surface area contributed by atoms with E-state index in [1.165, 1.54) is 18.9 Å². The minimum absolute atomic E-state index is 0.0692. The van der Waals surface area contributed by atoms with Crippen LogP contribution in [0.1, 0.15) is 28.4 Å². The Morgan fingerprint density at radius 2 is 1.84 bits per heavy atom. The number of nitrogens with zero attached hydrogens (tertiary/aromatic N) is 1. The molecule has 0 saturated heterocycles. The topological polar surface area (TPSA) is 63.7 Å². The van der Waals surface area contributed by atoms with Gasteiger partial charge < -0.3 is 4.74 Å². The second-order valence-corrected chi connectivity index (χ2v) is 6.13. The van der Waals surface area contributed by atoms with Crippen LogP contribution in [0.5, 0.6) is 0 Å². The summed E-state index contributed by atoms with van der Waals surface area (Å²) < 4.78 is 4.89. The molecule has 0 aromatic heterocycles. The van der Waals surface area contributed by atoms with Crippen molar-refractivity contribution in [3.05, 3.63) is 65.2 Å². The van der Waals surface area contributed by atoms with E-state index in [1.807, 2.05) is 18.2 Å². The van der Waals surface area contributed by atoms with Crippen LogP contribution in [-0.4, -0.2) is 30.8 Å². The molecule has 1 amide bonds. The number of ketones is 1. The molecular weight excluding hydrogens is 318 g/mol. The standard InChI is InChI=1S/C20H19NO4/c1-13(22)10-14-8-9-17-16(11-14)12-18(20(24)25-2)21(17)19(23)15-6-4-3-5-7-15/h3-9,11,18H,10,12H2,1-2H3. The van der Waals surface area contributed by atoms with Gasteiger partial charge in [-0.2, -0.15) is 0 Å². The average Bonchev–Trinajstić information content (AvgIpc) is 2.99. The van der Waals surface area contributed by atoms with Gasteiger partial charge in [-0.15, -0.1) is 0 Å². The number of anilines is 1. The molecule has 1 unspecified atom stereocenters. The Hall–Kier alpha value is -2.95. The molecule has 25 heavy (non-hydrogen) atoms. The summed E-state index contributed by atoms with van der Waals surface area (Å²) in [5, 5.41) is 0. The van der Waals surface area contributed by atoms with E-state index in [0.29, 0.717) is 24.1 Å². The average molecular weight is 337 g/mol. The van der Waals surface area contributed by atoms with Crippen LogP contribution in [0.3, 0.4) is 0 Å². The zero-order chi connectivity index (χ0) is 18.0. The van der Waals surface area contributed by atoms with E-state index in [1.54, 1.807) is 30.3 Å². The number of Topliss-reactive ketones (excluding diaryl/α,β-unsaturated/α-hetero) is 1. The van der Waals surface area contributed by atoms with Crippen molar-refractivity contribution in [1.29, 1.82) is 0 Å². The maximum Gasteiger partial charge on any atom is 0.329 e. The first-order chi connectivity index (χ1) is 12.0. The summed E-state index contributed by atoms with van der Waals surface area (Å²) in [7, 11) is 1.32. The third-order valence-corrected chi connectivity index (χ3v) is 4.29. The molecule has 0 bridgehead atoms. The van der Waals surface area contributed by atoms with E-state index in [-0.39, 0.29) is 11.7 Å². The SMILES string of the molecule is COC(=O)C1Cc2cc(CC(C)=O)ccc2N1C(=O)c1ccccc1. The highest BCUT2D eigenvalue weighted by Gasteiger charge is 2.39. The number of carbonyl (C=O) groups excluding carboxylic acids is 3. The monoisotopic (exact) mass is 337 g/mol. The van der Waals surface area contributed by atoms with Crippen molar-refractivity contribution < 1.29 is 19.1 Å². The molecule has 3 rings (SSSR count). The van der Waals surface area contributed by atoms with E-state index >= 15 is 0 Å². The third-order valence-electron chi connectivity index (χ3n) is 4.29. The quantitative estimate of drug-likeness (QED) is 0.805. The van der Waals surface area contributed by atoms with Crippen LogP contribution in [0.2, 0.25) is 0 Å². The van der Waals surface area contributed by atoms with Crippen molar-refractivity contribution >= 4 is 23.3 Å². The number of ether oxygens (including phenoxy) is 1. The van der Waals surface area contributed by atoms with E-state index in [2.05, 4.69) is 0 Å². The Labute approximate surface area is 146 Å². The van der Waals surface area contributed by atoms with Crippen molar-refractivity contribution in [2.75, 3.05) is 12.0 Å². The van der Waals surface area contributed by atoms with Crippen LogP contribution in [0.15, 0.2) is 48.5 Å². The van der Waals surface area contributed by atoms with Crippen LogP contribution in [0, 0.1) is 0 Å². The molecule has 1 atom stereocenters. The number of rotatable bonds is 4. The Balaban J connectivity index is 2.01. The van der Waals surface area contributed by atoms with Gasteiger partial charge in [-0.05, 0) is 36.2 Å². The molecule has 5 nitrogen and oxygen atoms in total. The van der Waals surface area contributed by atoms with Crippen LogP contribution in [0.25, 0.3) is 0 Å². The molecule has 128 valence electrons. The highest BCUT2D eigenvalue weighted by molar-refractivity contribution is 6.11. The highest BCUT2D eigenvalue weighted by Crippen LogP contribution is 2.35. The molecule has 0 saturated carbocycles. The summed E-state index contributed by atoms with van der Waals surface area (Å²) in [5.41, 5.74) is 2.95. The second-order valence-electron chi connectivity index (χ2n) is 6.13. The Kier molecular flexibility index (Phi) is 4.65. The van der Waals surface area contributed by atoms with E-state index in [0.717, 1.165) is 11.1 Å². The highest BCUT2D eigenvalue weighted by atomic mass is 16.5. The zero-order valence-corrected chi connectivity index (χ0v) is 14.2. The van der Waals surface area contributed by atoms with E-state index in [4.69, 9.17) is 4.74 Å². The van der Waals surface area contributed by atoms with Gasteiger partial charge in [0.25, 0.3) is 5.91 Å². The van der Waals surface area contributed by atoms with Gasteiger partial charge in [0.2, 0.25) is 0 Å². The molecule has 0 aliphatic carbocycles. The molecule has 5 heteroatoms. The van der Waals surface area contributed by atoms with Crippen molar-refractivity contribution in [1.82, 2.24) is 0 Å². The number of fused-ring (bicyclic) bond motifs is 1. The zero-order valence-electron chi connectivity index (χ0n) is 14.2. The summed E-state index contributed by atoms with van der Waals surface area (Å²) in [6.45, 7) is 1.54. The predicted molar refractivity (Wildman–Crippen MR) is 93.6 cm³/mol. The first-order valence-corrected chi connectivity index (χ1v) is 8.09. The van der Waals surface area contributed by atoms with Crippen molar-refractivity contribution in [2.24, 2.45) is 0 Å². The summed E-state index contributed by atoms with van der Waals surface area (Å²) >= 11 is 0. The van der Waals surface area contributed by atoms with Crippen LogP contribution in [-0.2, 0) is 27.2 Å². The van der Waals surface area contributed by atoms with Gasteiger partial charge >= 0.3 is 5.97 Å². The minimum Gasteiger partial charge on any atom is -0.467 e. The van der Waals surface area contributed by atoms with Gasteiger partial charge in [-0.1, -0.05) is 30.3 Å².